The Morgan fingerprint density at radius 1 is 1.67 bits per heavy atom. The van der Waals surface area contributed by atoms with Gasteiger partial charge in [0.2, 0.25) is 0 Å². The zero-order valence-corrected chi connectivity index (χ0v) is 7.64. The molecule has 1 saturated heterocycles. The highest BCUT2D eigenvalue weighted by atomic mass is 16.5. The lowest BCUT2D eigenvalue weighted by molar-refractivity contribution is -0.119. The van der Waals surface area contributed by atoms with Crippen LogP contribution in [0.15, 0.2) is 12.2 Å². The number of ketones is 1. The van der Waals surface area contributed by atoms with Crippen LogP contribution in [0.25, 0.3) is 0 Å². The molecule has 0 saturated carbocycles. The molecule has 0 N–H and O–H groups in total. The standard InChI is InChI=1S/C10H16O2/c1-8(2)5-10(11)6-9-3-4-12-7-9/h9H,1,3-7H2,2H3. The molecule has 1 rings (SSSR count). The van der Waals surface area contributed by atoms with Crippen molar-refractivity contribution in [2.45, 2.75) is 26.2 Å². The summed E-state index contributed by atoms with van der Waals surface area (Å²) < 4.78 is 5.19. The third-order valence-electron chi connectivity index (χ3n) is 2.04. The van der Waals surface area contributed by atoms with Crippen molar-refractivity contribution < 1.29 is 9.53 Å². The summed E-state index contributed by atoms with van der Waals surface area (Å²) in [5.41, 5.74) is 0.957. The molecule has 0 spiro atoms. The molecular weight excluding hydrogens is 152 g/mol. The lowest BCUT2D eigenvalue weighted by atomic mass is 9.99. The number of carbonyl (C=O) groups excluding carboxylic acids is 1. The molecule has 0 aromatic heterocycles. The van der Waals surface area contributed by atoms with Gasteiger partial charge in [0.05, 0.1) is 0 Å². The van der Waals surface area contributed by atoms with Gasteiger partial charge < -0.3 is 4.74 Å². The maximum absolute atomic E-state index is 11.3. The first-order chi connectivity index (χ1) is 5.68. The second-order valence-electron chi connectivity index (χ2n) is 3.61. The van der Waals surface area contributed by atoms with Gasteiger partial charge in [0.1, 0.15) is 5.78 Å². The first-order valence-electron chi connectivity index (χ1n) is 4.42. The third-order valence-corrected chi connectivity index (χ3v) is 2.04. The largest absolute Gasteiger partial charge is 0.381 e. The molecule has 0 aromatic carbocycles. The fourth-order valence-corrected chi connectivity index (χ4v) is 1.48. The molecule has 1 heterocycles. The van der Waals surface area contributed by atoms with Crippen LogP contribution in [0.5, 0.6) is 0 Å². The molecule has 1 aliphatic rings. The summed E-state index contributed by atoms with van der Waals surface area (Å²) in [5, 5.41) is 0. The summed E-state index contributed by atoms with van der Waals surface area (Å²) in [6.07, 6.45) is 2.26. The van der Waals surface area contributed by atoms with Gasteiger partial charge in [0, 0.05) is 26.1 Å². The average Bonchev–Trinajstić information content (AvgIpc) is 2.37. The van der Waals surface area contributed by atoms with Gasteiger partial charge in [0.15, 0.2) is 0 Å². The second-order valence-corrected chi connectivity index (χ2v) is 3.61. The van der Waals surface area contributed by atoms with Crippen molar-refractivity contribution in [2.75, 3.05) is 13.2 Å². The lowest BCUT2D eigenvalue weighted by Crippen LogP contribution is -2.08. The van der Waals surface area contributed by atoms with Crippen LogP contribution in [0.1, 0.15) is 26.2 Å². The summed E-state index contributed by atoms with van der Waals surface area (Å²) in [4.78, 5) is 11.3. The normalized spacial score (nSPS) is 22.6. The summed E-state index contributed by atoms with van der Waals surface area (Å²) in [7, 11) is 0. The van der Waals surface area contributed by atoms with Gasteiger partial charge in [-0.05, 0) is 19.3 Å². The van der Waals surface area contributed by atoms with Crippen LogP contribution in [0, 0.1) is 5.92 Å². The van der Waals surface area contributed by atoms with E-state index >= 15 is 0 Å². The average molecular weight is 168 g/mol. The Labute approximate surface area is 73.6 Å². The van der Waals surface area contributed by atoms with Crippen molar-refractivity contribution in [2.24, 2.45) is 5.92 Å². The van der Waals surface area contributed by atoms with Gasteiger partial charge in [-0.25, -0.2) is 0 Å². The van der Waals surface area contributed by atoms with Gasteiger partial charge in [-0.1, -0.05) is 12.2 Å². The van der Waals surface area contributed by atoms with Crippen LogP contribution < -0.4 is 0 Å². The molecule has 0 aromatic rings. The maximum atomic E-state index is 11.3. The van der Waals surface area contributed by atoms with Crippen LogP contribution in [-0.4, -0.2) is 19.0 Å². The molecule has 68 valence electrons. The number of Topliss-reactive ketones (excluding diaryl/α,β-unsaturated/α-hetero) is 1. The predicted molar refractivity (Wildman–Crippen MR) is 48.0 cm³/mol. The molecule has 0 amide bonds. The monoisotopic (exact) mass is 168 g/mol. The van der Waals surface area contributed by atoms with Crippen molar-refractivity contribution in [1.82, 2.24) is 0 Å². The number of allylic oxidation sites excluding steroid dienone is 1. The van der Waals surface area contributed by atoms with E-state index < -0.39 is 0 Å². The maximum Gasteiger partial charge on any atom is 0.137 e. The van der Waals surface area contributed by atoms with E-state index in [0.717, 1.165) is 25.2 Å². The number of carbonyl (C=O) groups is 1. The predicted octanol–water partition coefficient (Wildman–Crippen LogP) is 1.95. The Hall–Kier alpha value is -0.630. The Bertz CT molecular complexity index is 178. The van der Waals surface area contributed by atoms with Crippen LogP contribution in [0.2, 0.25) is 0 Å². The molecule has 1 fully saturated rings. The molecule has 2 heteroatoms. The summed E-state index contributed by atoms with van der Waals surface area (Å²) in [5.74, 6) is 0.773. The molecule has 1 unspecified atom stereocenters. The second kappa shape index (κ2) is 4.41. The van der Waals surface area contributed by atoms with Crippen LogP contribution >= 0.6 is 0 Å². The fraction of sp³-hybridized carbons (Fsp3) is 0.700. The van der Waals surface area contributed by atoms with Gasteiger partial charge >= 0.3 is 0 Å². The van der Waals surface area contributed by atoms with E-state index in [2.05, 4.69) is 6.58 Å². The van der Waals surface area contributed by atoms with Gasteiger partial charge in [-0.15, -0.1) is 0 Å². The molecule has 1 aliphatic heterocycles. The molecule has 0 aliphatic carbocycles. The first-order valence-corrected chi connectivity index (χ1v) is 4.42. The number of ether oxygens (including phenoxy) is 1. The Balaban J connectivity index is 2.20. The molecule has 2 nitrogen and oxygen atoms in total. The van der Waals surface area contributed by atoms with E-state index in [-0.39, 0.29) is 0 Å². The van der Waals surface area contributed by atoms with Crippen molar-refractivity contribution in [3.05, 3.63) is 12.2 Å². The van der Waals surface area contributed by atoms with Gasteiger partial charge in [0.25, 0.3) is 0 Å². The topological polar surface area (TPSA) is 26.3 Å². The van der Waals surface area contributed by atoms with Crippen molar-refractivity contribution in [1.29, 1.82) is 0 Å². The number of hydrogen-bond donors (Lipinski definition) is 0. The van der Waals surface area contributed by atoms with Gasteiger partial charge in [-0.3, -0.25) is 4.79 Å². The summed E-state index contributed by atoms with van der Waals surface area (Å²) >= 11 is 0. The first kappa shape index (κ1) is 9.46. The highest BCUT2D eigenvalue weighted by Gasteiger charge is 2.18. The highest BCUT2D eigenvalue weighted by Crippen LogP contribution is 2.17. The highest BCUT2D eigenvalue weighted by molar-refractivity contribution is 5.80. The minimum absolute atomic E-state index is 0.304. The van der Waals surface area contributed by atoms with E-state index in [9.17, 15) is 4.79 Å². The number of hydrogen-bond acceptors (Lipinski definition) is 2. The van der Waals surface area contributed by atoms with Crippen LogP contribution in [0.3, 0.4) is 0 Å². The van der Waals surface area contributed by atoms with Crippen molar-refractivity contribution >= 4 is 5.78 Å². The Morgan fingerprint density at radius 2 is 2.42 bits per heavy atom. The lowest BCUT2D eigenvalue weighted by Gasteiger charge is -2.05. The van der Waals surface area contributed by atoms with E-state index in [1.165, 1.54) is 0 Å². The fourth-order valence-electron chi connectivity index (χ4n) is 1.48. The number of rotatable bonds is 4. The molecular formula is C10H16O2. The molecule has 12 heavy (non-hydrogen) atoms. The van der Waals surface area contributed by atoms with E-state index in [4.69, 9.17) is 4.74 Å². The summed E-state index contributed by atoms with van der Waals surface area (Å²) in [6.45, 7) is 7.20. The van der Waals surface area contributed by atoms with Crippen LogP contribution in [0.4, 0.5) is 0 Å². The Kier molecular flexibility index (Phi) is 3.48. The molecule has 0 bridgehead atoms. The minimum Gasteiger partial charge on any atom is -0.381 e. The quantitative estimate of drug-likeness (QED) is 0.600. The zero-order valence-electron chi connectivity index (χ0n) is 7.64. The van der Waals surface area contributed by atoms with E-state index in [0.29, 0.717) is 24.5 Å². The Morgan fingerprint density at radius 3 is 2.92 bits per heavy atom. The van der Waals surface area contributed by atoms with E-state index in [1.54, 1.807) is 0 Å². The molecule has 1 atom stereocenters. The van der Waals surface area contributed by atoms with Crippen LogP contribution in [-0.2, 0) is 9.53 Å². The summed E-state index contributed by atoms with van der Waals surface area (Å²) in [6, 6.07) is 0. The minimum atomic E-state index is 0.304. The SMILES string of the molecule is C=C(C)CC(=O)CC1CCOC1. The molecule has 0 radical (unpaired) electrons. The zero-order chi connectivity index (χ0) is 8.97. The van der Waals surface area contributed by atoms with Gasteiger partial charge in [-0.2, -0.15) is 0 Å². The third kappa shape index (κ3) is 3.18. The van der Waals surface area contributed by atoms with E-state index in [1.807, 2.05) is 6.92 Å². The smallest absolute Gasteiger partial charge is 0.137 e. The van der Waals surface area contributed by atoms with Crippen molar-refractivity contribution in [3.63, 3.8) is 0 Å². The van der Waals surface area contributed by atoms with Crippen molar-refractivity contribution in [3.8, 4) is 0 Å².